The number of imidazole rings is 1. The largest absolute Gasteiger partial charge is 0.372 e. The summed E-state index contributed by atoms with van der Waals surface area (Å²) < 4.78 is 26.0. The summed E-state index contributed by atoms with van der Waals surface area (Å²) in [6.45, 7) is 5.46. The van der Waals surface area contributed by atoms with E-state index in [1.54, 1.807) is 35.9 Å². The first kappa shape index (κ1) is 46.7. The number of aryl methyl sites for hydroxylation is 1. The van der Waals surface area contributed by atoms with Gasteiger partial charge in [-0.25, -0.2) is 9.18 Å². The predicted molar refractivity (Wildman–Crippen MR) is 261 cm³/mol. The zero-order chi connectivity index (χ0) is 47.8. The maximum absolute atomic E-state index is 16.4. The van der Waals surface area contributed by atoms with Gasteiger partial charge in [-0.05, 0) is 111 Å². The Morgan fingerprint density at radius 3 is 2.38 bits per heavy atom. The summed E-state index contributed by atoms with van der Waals surface area (Å²) in [7, 11) is 1.72. The predicted octanol–water partition coefficient (Wildman–Crippen LogP) is 6.45. The third-order valence-electron chi connectivity index (χ3n) is 16.9. The Bertz CT molecular complexity index is 2750. The van der Waals surface area contributed by atoms with Crippen LogP contribution in [0.4, 0.5) is 10.1 Å². The molecule has 5 aliphatic heterocycles. The van der Waals surface area contributed by atoms with Gasteiger partial charge in [-0.15, -0.1) is 0 Å². The lowest BCUT2D eigenvalue weighted by atomic mass is 9.55. The van der Waals surface area contributed by atoms with E-state index in [1.807, 2.05) is 24.3 Å². The number of nitrogens with zero attached hydrogens (tertiary/aromatic N) is 4. The van der Waals surface area contributed by atoms with Crippen molar-refractivity contribution >= 4 is 63.6 Å². The molecule has 4 N–H and O–H groups in total. The normalized spacial score (nSPS) is 28.8. The molecule has 3 aromatic carbocycles. The number of carbonyl (C=O) groups is 4. The fourth-order valence-corrected chi connectivity index (χ4v) is 14.0. The van der Waals surface area contributed by atoms with Gasteiger partial charge in [0.1, 0.15) is 17.3 Å². The first-order chi connectivity index (χ1) is 33.3. The molecule has 2 saturated carbocycles. The van der Waals surface area contributed by atoms with Crippen LogP contribution in [0.2, 0.25) is 10.0 Å². The van der Waals surface area contributed by atoms with Crippen LogP contribution in [0.15, 0.2) is 59.4 Å². The SMILES string of the molecule is Cn1c(=O)n(C2CCC(=O)NC2=O)c2ccc(CN3CC(OC4CCN(CC5CCC(NC(=O)[C@H]6NC7(CCCCC7)[C@@]7(C(=O)Nc8cc(Cl)ccc87)[C@H]6c6cccc(Cl)c6F)CC5)CC4)C3)cc21. The van der Waals surface area contributed by atoms with Crippen molar-refractivity contribution in [2.75, 3.05) is 38.0 Å². The molecule has 2 aliphatic carbocycles. The molecule has 1 aromatic heterocycles. The molecule has 4 amide bonds. The second-order valence-electron chi connectivity index (χ2n) is 21.0. The molecule has 17 heteroatoms. The van der Waals surface area contributed by atoms with Gasteiger partial charge < -0.3 is 20.3 Å². The van der Waals surface area contributed by atoms with Gasteiger partial charge in [0.2, 0.25) is 23.6 Å². The molecule has 6 fully saturated rings. The van der Waals surface area contributed by atoms with E-state index in [4.69, 9.17) is 27.9 Å². The van der Waals surface area contributed by atoms with Gasteiger partial charge in [0.05, 0.1) is 34.3 Å². The molecular formula is C52H61Cl2FN8O6. The Morgan fingerprint density at radius 2 is 1.62 bits per heavy atom. The Kier molecular flexibility index (Phi) is 12.5. The van der Waals surface area contributed by atoms with E-state index in [9.17, 15) is 24.0 Å². The summed E-state index contributed by atoms with van der Waals surface area (Å²) in [6.07, 6.45) is 10.8. The van der Waals surface area contributed by atoms with Crippen LogP contribution in [0.1, 0.15) is 112 Å². The number of hydrogen-bond acceptors (Lipinski definition) is 9. The number of benzene rings is 3. The Hall–Kier alpha value is -4.64. The molecule has 11 rings (SSSR count). The lowest BCUT2D eigenvalue weighted by Crippen LogP contribution is -2.60. The molecular weight excluding hydrogens is 923 g/mol. The lowest BCUT2D eigenvalue weighted by molar-refractivity contribution is -0.136. The second-order valence-corrected chi connectivity index (χ2v) is 21.9. The van der Waals surface area contributed by atoms with Crippen LogP contribution in [0.5, 0.6) is 0 Å². The van der Waals surface area contributed by atoms with Crippen molar-refractivity contribution in [3.63, 3.8) is 0 Å². The standard InChI is InChI=1S/C52H61Cl2FN8O6/c1-60-42-24-31(10-15-40(42)63(50(60)68)41-16-17-43(64)58-47(41)65)27-62-28-35(29-62)69-34-18-22-61(23-19-34)26-30-8-12-33(13-9-30)56-48(66)46-44(36-6-5-7-38(54)45(36)55)52(51(59-46)20-3-2-4-21-51)37-14-11-32(53)25-39(37)57-49(52)67/h5-7,10-11,14-15,24-25,30,33-35,41,44,46,59H,2-4,8-9,12-13,16-23,26-29H2,1H3,(H,56,66)(H,57,67)(H,58,64,65)/t30?,33?,41?,44-,46-,52+/m0/s1. The quantitative estimate of drug-likeness (QED) is 0.131. The summed E-state index contributed by atoms with van der Waals surface area (Å²) in [5.74, 6) is -2.09. The van der Waals surface area contributed by atoms with Crippen molar-refractivity contribution in [2.45, 2.75) is 137 Å². The molecule has 4 aromatic rings. The molecule has 0 radical (unpaired) electrons. The molecule has 366 valence electrons. The third kappa shape index (κ3) is 8.22. The van der Waals surface area contributed by atoms with Crippen molar-refractivity contribution in [2.24, 2.45) is 13.0 Å². The number of ether oxygens (including phenoxy) is 1. The van der Waals surface area contributed by atoms with Crippen molar-refractivity contribution in [3.8, 4) is 0 Å². The van der Waals surface area contributed by atoms with Crippen LogP contribution in [0, 0.1) is 11.7 Å². The first-order valence-corrected chi connectivity index (χ1v) is 25.8. The van der Waals surface area contributed by atoms with Crippen molar-refractivity contribution in [1.29, 1.82) is 0 Å². The maximum atomic E-state index is 16.4. The highest BCUT2D eigenvalue weighted by Gasteiger charge is 2.72. The van der Waals surface area contributed by atoms with Gasteiger partial charge >= 0.3 is 5.69 Å². The Balaban J connectivity index is 0.668. The minimum atomic E-state index is -1.26. The van der Waals surface area contributed by atoms with Crippen molar-refractivity contribution < 1.29 is 28.3 Å². The van der Waals surface area contributed by atoms with Gasteiger partial charge in [0.15, 0.2) is 0 Å². The van der Waals surface area contributed by atoms with Crippen LogP contribution in [0.3, 0.4) is 0 Å². The van der Waals surface area contributed by atoms with E-state index in [2.05, 4.69) is 31.1 Å². The molecule has 1 unspecified atom stereocenters. The Labute approximate surface area is 410 Å². The van der Waals surface area contributed by atoms with Gasteiger partial charge in [-0.1, -0.05) is 66.7 Å². The van der Waals surface area contributed by atoms with E-state index in [0.29, 0.717) is 41.4 Å². The van der Waals surface area contributed by atoms with Crippen LogP contribution in [0.25, 0.3) is 11.0 Å². The van der Waals surface area contributed by atoms with E-state index < -0.39 is 40.7 Å². The molecule has 69 heavy (non-hydrogen) atoms. The monoisotopic (exact) mass is 982 g/mol. The minimum Gasteiger partial charge on any atom is -0.372 e. The average Bonchev–Trinajstić information content (AvgIpc) is 3.88. The van der Waals surface area contributed by atoms with Crippen LogP contribution >= 0.6 is 23.2 Å². The summed E-state index contributed by atoms with van der Waals surface area (Å²) in [5, 5.41) is 13.1. The van der Waals surface area contributed by atoms with Crippen LogP contribution in [-0.4, -0.2) is 105 Å². The fourth-order valence-electron chi connectivity index (χ4n) is 13.6. The highest BCUT2D eigenvalue weighted by molar-refractivity contribution is 6.31. The van der Waals surface area contributed by atoms with E-state index >= 15 is 4.39 Å². The fraction of sp³-hybridized carbons (Fsp3) is 0.558. The zero-order valence-corrected chi connectivity index (χ0v) is 40.6. The number of amides is 4. The molecule has 4 saturated heterocycles. The number of nitrogens with one attached hydrogen (secondary N) is 4. The lowest BCUT2D eigenvalue weighted by Gasteiger charge is -2.47. The number of imide groups is 1. The number of anilines is 1. The van der Waals surface area contributed by atoms with Gasteiger partial charge in [-0.2, -0.15) is 0 Å². The zero-order valence-electron chi connectivity index (χ0n) is 39.0. The number of carbonyl (C=O) groups excluding carboxylic acids is 4. The second kappa shape index (κ2) is 18.5. The number of halogens is 3. The third-order valence-corrected chi connectivity index (χ3v) is 17.5. The molecule has 14 nitrogen and oxygen atoms in total. The van der Waals surface area contributed by atoms with E-state index in [1.165, 1.54) is 10.6 Å². The number of piperidine rings is 2. The molecule has 0 bridgehead atoms. The summed E-state index contributed by atoms with van der Waals surface area (Å²) >= 11 is 12.9. The summed E-state index contributed by atoms with van der Waals surface area (Å²) in [4.78, 5) is 71.9. The molecule has 2 spiro atoms. The average molecular weight is 984 g/mol. The summed E-state index contributed by atoms with van der Waals surface area (Å²) in [5.41, 5.74) is 1.87. The molecule has 7 aliphatic rings. The minimum absolute atomic E-state index is 0.0208. The van der Waals surface area contributed by atoms with Gasteiger partial charge in [0.25, 0.3) is 0 Å². The van der Waals surface area contributed by atoms with Gasteiger partial charge in [-0.3, -0.25) is 43.8 Å². The Morgan fingerprint density at radius 1 is 0.855 bits per heavy atom. The van der Waals surface area contributed by atoms with E-state index in [0.717, 1.165) is 114 Å². The highest BCUT2D eigenvalue weighted by atomic mass is 35.5. The number of hydrogen-bond donors (Lipinski definition) is 4. The van der Waals surface area contributed by atoms with Crippen LogP contribution < -0.4 is 27.0 Å². The molecule has 4 atom stereocenters. The smallest absolute Gasteiger partial charge is 0.329 e. The first-order valence-electron chi connectivity index (χ1n) is 25.1. The number of likely N-dealkylation sites (tertiary alicyclic amines) is 2. The number of rotatable bonds is 10. The van der Waals surface area contributed by atoms with Crippen molar-refractivity contribution in [3.05, 3.63) is 97.6 Å². The van der Waals surface area contributed by atoms with Crippen LogP contribution in [-0.2, 0) is 42.9 Å². The van der Waals surface area contributed by atoms with Gasteiger partial charge in [0, 0.05) is 80.9 Å². The molecule has 6 heterocycles. The number of aromatic nitrogens is 2. The van der Waals surface area contributed by atoms with E-state index in [-0.39, 0.29) is 58.7 Å². The highest BCUT2D eigenvalue weighted by Crippen LogP contribution is 2.63. The maximum Gasteiger partial charge on any atom is 0.329 e. The number of fused-ring (bicyclic) bond motifs is 4. The van der Waals surface area contributed by atoms with Crippen molar-refractivity contribution in [1.82, 2.24) is 34.9 Å². The summed E-state index contributed by atoms with van der Waals surface area (Å²) in [6, 6.07) is 14.7. The topological polar surface area (TPSA) is 159 Å².